The highest BCUT2D eigenvalue weighted by atomic mass is 32.1. The van der Waals surface area contributed by atoms with Crippen molar-refractivity contribution >= 4 is 22.4 Å². The normalized spacial score (nSPS) is 10.7. The Labute approximate surface area is 93.6 Å². The molecule has 0 saturated heterocycles. The molecule has 0 aliphatic heterocycles. The number of aliphatic carboxylic acids is 1. The first-order valence-corrected chi connectivity index (χ1v) is 5.66. The van der Waals surface area contributed by atoms with Crippen molar-refractivity contribution in [2.45, 2.75) is 33.7 Å². The molecule has 0 unspecified atom stereocenters. The van der Waals surface area contributed by atoms with Crippen molar-refractivity contribution < 1.29 is 9.90 Å². The summed E-state index contributed by atoms with van der Waals surface area (Å²) in [5, 5.41) is 9.60. The van der Waals surface area contributed by atoms with Gasteiger partial charge in [-0.05, 0) is 27.7 Å². The average molecular weight is 228 g/mol. The third-order valence-electron chi connectivity index (χ3n) is 2.19. The molecule has 4 nitrogen and oxygen atoms in total. The molecular weight excluding hydrogens is 212 g/mol. The lowest BCUT2D eigenvalue weighted by atomic mass is 10.3. The first-order valence-electron chi connectivity index (χ1n) is 4.84. The van der Waals surface area contributed by atoms with Crippen LogP contribution in [0.4, 0.5) is 5.13 Å². The maximum Gasteiger partial charge on any atom is 0.323 e. The topological polar surface area (TPSA) is 53.4 Å². The number of hydrogen-bond acceptors (Lipinski definition) is 4. The van der Waals surface area contributed by atoms with Crippen molar-refractivity contribution in [3.63, 3.8) is 0 Å². The van der Waals surface area contributed by atoms with E-state index in [0.29, 0.717) is 0 Å². The van der Waals surface area contributed by atoms with E-state index in [1.807, 2.05) is 27.7 Å². The molecule has 0 aromatic carbocycles. The van der Waals surface area contributed by atoms with Crippen molar-refractivity contribution in [1.29, 1.82) is 0 Å². The number of nitrogens with zero attached hydrogens (tertiary/aromatic N) is 2. The summed E-state index contributed by atoms with van der Waals surface area (Å²) in [5.41, 5.74) is 0.978. The molecule has 0 radical (unpaired) electrons. The summed E-state index contributed by atoms with van der Waals surface area (Å²) in [6.07, 6.45) is 0. The number of rotatable bonds is 4. The zero-order valence-electron chi connectivity index (χ0n) is 9.44. The molecule has 0 fully saturated rings. The molecule has 0 amide bonds. The van der Waals surface area contributed by atoms with Gasteiger partial charge in [0, 0.05) is 10.9 Å². The van der Waals surface area contributed by atoms with Gasteiger partial charge in [0.15, 0.2) is 5.13 Å². The summed E-state index contributed by atoms with van der Waals surface area (Å²) in [6, 6.07) is 0.144. The monoisotopic (exact) mass is 228 g/mol. The largest absolute Gasteiger partial charge is 0.480 e. The van der Waals surface area contributed by atoms with Crippen LogP contribution in [0.15, 0.2) is 0 Å². The summed E-state index contributed by atoms with van der Waals surface area (Å²) in [6.45, 7) is 7.87. The van der Waals surface area contributed by atoms with Crippen LogP contribution in [0.3, 0.4) is 0 Å². The third-order valence-corrected chi connectivity index (χ3v) is 3.30. The minimum Gasteiger partial charge on any atom is -0.480 e. The van der Waals surface area contributed by atoms with Crippen LogP contribution in [0.1, 0.15) is 24.4 Å². The Morgan fingerprint density at radius 2 is 2.13 bits per heavy atom. The second-order valence-corrected chi connectivity index (χ2v) is 4.94. The molecule has 1 aromatic heterocycles. The van der Waals surface area contributed by atoms with E-state index < -0.39 is 5.97 Å². The zero-order chi connectivity index (χ0) is 11.6. The molecule has 0 spiro atoms. The first-order chi connectivity index (χ1) is 6.91. The molecule has 0 aliphatic carbocycles. The van der Waals surface area contributed by atoms with Crippen LogP contribution in [-0.2, 0) is 4.79 Å². The number of carbonyl (C=O) groups is 1. The predicted molar refractivity (Wildman–Crippen MR) is 61.7 cm³/mol. The summed E-state index contributed by atoms with van der Waals surface area (Å²) in [4.78, 5) is 18.0. The summed E-state index contributed by atoms with van der Waals surface area (Å²) in [5.74, 6) is -0.825. The predicted octanol–water partition coefficient (Wildman–Crippen LogP) is 2.06. The maximum atomic E-state index is 10.7. The molecule has 0 atom stereocenters. The van der Waals surface area contributed by atoms with E-state index in [2.05, 4.69) is 4.98 Å². The minimum atomic E-state index is -0.825. The van der Waals surface area contributed by atoms with Crippen molar-refractivity contribution in [3.8, 4) is 0 Å². The quantitative estimate of drug-likeness (QED) is 0.857. The van der Waals surface area contributed by atoms with E-state index >= 15 is 0 Å². The lowest BCUT2D eigenvalue weighted by Gasteiger charge is -2.23. The second kappa shape index (κ2) is 4.61. The summed E-state index contributed by atoms with van der Waals surface area (Å²) >= 11 is 1.54. The van der Waals surface area contributed by atoms with E-state index in [0.717, 1.165) is 15.7 Å². The Bertz CT molecular complexity index is 341. The van der Waals surface area contributed by atoms with Gasteiger partial charge < -0.3 is 10.0 Å². The molecule has 0 aliphatic rings. The van der Waals surface area contributed by atoms with Crippen LogP contribution in [-0.4, -0.2) is 28.6 Å². The molecule has 5 heteroatoms. The fourth-order valence-electron chi connectivity index (χ4n) is 1.20. The molecule has 15 heavy (non-hydrogen) atoms. The minimum absolute atomic E-state index is 0.00403. The maximum absolute atomic E-state index is 10.7. The van der Waals surface area contributed by atoms with Crippen LogP contribution in [0.5, 0.6) is 0 Å². The molecule has 0 saturated carbocycles. The Morgan fingerprint density at radius 3 is 2.47 bits per heavy atom. The Balaban J connectivity index is 2.93. The van der Waals surface area contributed by atoms with Gasteiger partial charge in [0.2, 0.25) is 0 Å². The molecule has 1 rings (SSSR count). The average Bonchev–Trinajstić information content (AvgIpc) is 2.42. The Morgan fingerprint density at radius 1 is 1.53 bits per heavy atom. The SMILES string of the molecule is Cc1nc(N(CC(=O)O)C(C)C)sc1C. The molecule has 1 aromatic rings. The zero-order valence-corrected chi connectivity index (χ0v) is 10.3. The van der Waals surface area contributed by atoms with Gasteiger partial charge in [-0.3, -0.25) is 4.79 Å². The van der Waals surface area contributed by atoms with Crippen molar-refractivity contribution in [1.82, 2.24) is 4.98 Å². The van der Waals surface area contributed by atoms with Crippen LogP contribution < -0.4 is 4.90 Å². The fraction of sp³-hybridized carbons (Fsp3) is 0.600. The Kier molecular flexibility index (Phi) is 3.68. The van der Waals surface area contributed by atoms with Gasteiger partial charge in [0.25, 0.3) is 0 Å². The number of carboxylic acids is 1. The molecule has 1 heterocycles. The van der Waals surface area contributed by atoms with E-state index in [-0.39, 0.29) is 12.6 Å². The van der Waals surface area contributed by atoms with Gasteiger partial charge in [-0.1, -0.05) is 0 Å². The number of aromatic nitrogens is 1. The van der Waals surface area contributed by atoms with Crippen molar-refractivity contribution in [3.05, 3.63) is 10.6 Å². The van der Waals surface area contributed by atoms with Gasteiger partial charge in [-0.2, -0.15) is 0 Å². The van der Waals surface area contributed by atoms with Gasteiger partial charge in [-0.25, -0.2) is 4.98 Å². The highest BCUT2D eigenvalue weighted by Gasteiger charge is 2.17. The standard InChI is InChI=1S/C10H16N2O2S/c1-6(2)12(5-9(13)14)10-11-7(3)8(4)15-10/h6H,5H2,1-4H3,(H,13,14). The molecule has 84 valence electrons. The van der Waals surface area contributed by atoms with Gasteiger partial charge in [-0.15, -0.1) is 11.3 Å². The summed E-state index contributed by atoms with van der Waals surface area (Å²) in [7, 11) is 0. The Hall–Kier alpha value is -1.10. The van der Waals surface area contributed by atoms with E-state index in [9.17, 15) is 4.79 Å². The van der Waals surface area contributed by atoms with Crippen molar-refractivity contribution in [2.24, 2.45) is 0 Å². The van der Waals surface area contributed by atoms with E-state index in [4.69, 9.17) is 5.11 Å². The molecule has 0 bridgehead atoms. The van der Waals surface area contributed by atoms with Gasteiger partial charge in [0.05, 0.1) is 5.69 Å². The van der Waals surface area contributed by atoms with Gasteiger partial charge >= 0.3 is 5.97 Å². The van der Waals surface area contributed by atoms with E-state index in [1.165, 1.54) is 0 Å². The third kappa shape index (κ3) is 2.92. The lowest BCUT2D eigenvalue weighted by molar-refractivity contribution is -0.135. The van der Waals surface area contributed by atoms with Crippen LogP contribution >= 0.6 is 11.3 Å². The summed E-state index contributed by atoms with van der Waals surface area (Å²) < 4.78 is 0. The fourth-order valence-corrected chi connectivity index (χ4v) is 2.24. The van der Waals surface area contributed by atoms with Crippen LogP contribution in [0.2, 0.25) is 0 Å². The lowest BCUT2D eigenvalue weighted by Crippen LogP contribution is -2.35. The van der Waals surface area contributed by atoms with Gasteiger partial charge in [0.1, 0.15) is 6.54 Å². The van der Waals surface area contributed by atoms with Crippen LogP contribution in [0.25, 0.3) is 0 Å². The second-order valence-electron chi connectivity index (χ2n) is 3.75. The van der Waals surface area contributed by atoms with Crippen LogP contribution in [0, 0.1) is 13.8 Å². The molecular formula is C10H16N2O2S. The number of thiazole rings is 1. The number of carboxylic acid groups (broad SMARTS) is 1. The number of anilines is 1. The number of aryl methyl sites for hydroxylation is 2. The van der Waals surface area contributed by atoms with Crippen molar-refractivity contribution in [2.75, 3.05) is 11.4 Å². The molecule has 1 N–H and O–H groups in total. The first kappa shape index (κ1) is 12.0. The smallest absolute Gasteiger partial charge is 0.323 e. The highest BCUT2D eigenvalue weighted by molar-refractivity contribution is 7.15. The number of hydrogen-bond donors (Lipinski definition) is 1. The van der Waals surface area contributed by atoms with E-state index in [1.54, 1.807) is 16.2 Å². The highest BCUT2D eigenvalue weighted by Crippen LogP contribution is 2.26.